The van der Waals surface area contributed by atoms with Gasteiger partial charge in [-0.15, -0.1) is 0 Å². The number of nitrogens with one attached hydrogen (secondary N) is 1. The quantitative estimate of drug-likeness (QED) is 0.463. The summed E-state index contributed by atoms with van der Waals surface area (Å²) < 4.78 is 10.3. The molecule has 1 aromatic carbocycles. The molecule has 1 rings (SSSR count). The molecule has 0 bridgehead atoms. The van der Waals surface area contributed by atoms with Crippen molar-refractivity contribution in [2.45, 2.75) is 0 Å². The van der Waals surface area contributed by atoms with Crippen LogP contribution in [0, 0.1) is 0 Å². The third-order valence-corrected chi connectivity index (χ3v) is 2.09. The summed E-state index contributed by atoms with van der Waals surface area (Å²) in [7, 11) is 3.19. The zero-order valence-electron chi connectivity index (χ0n) is 9.77. The van der Waals surface area contributed by atoms with E-state index in [1.165, 1.54) is 0 Å². The summed E-state index contributed by atoms with van der Waals surface area (Å²) in [6.45, 7) is 0.329. The zero-order valence-corrected chi connectivity index (χ0v) is 10.6. The average Bonchev–Trinajstić information content (AvgIpc) is 2.34. The van der Waals surface area contributed by atoms with Crippen LogP contribution in [0.25, 0.3) is 0 Å². The minimum Gasteiger partial charge on any atom is -0.496 e. The first-order valence-electron chi connectivity index (χ1n) is 4.93. The Morgan fingerprint density at radius 1 is 1.41 bits per heavy atom. The van der Waals surface area contributed by atoms with Crippen LogP contribution in [0.15, 0.2) is 29.4 Å². The fourth-order valence-corrected chi connectivity index (χ4v) is 1.36. The standard InChI is InChI=1S/C11H15N3O2S/c1-15-7-9(13-14-11(12)17)8-5-3-4-6-10(8)16-2/h3-6H,7H2,1-2H3,(H3,12,14,17). The van der Waals surface area contributed by atoms with E-state index in [0.717, 1.165) is 5.56 Å². The van der Waals surface area contributed by atoms with Gasteiger partial charge in [0.05, 0.1) is 19.4 Å². The number of hydrazone groups is 1. The van der Waals surface area contributed by atoms with Crippen molar-refractivity contribution in [3.8, 4) is 5.75 Å². The SMILES string of the molecule is COCC(=NNC(N)=S)c1ccccc1OC. The van der Waals surface area contributed by atoms with Gasteiger partial charge < -0.3 is 15.2 Å². The molecule has 0 saturated carbocycles. The molecule has 0 aromatic heterocycles. The summed E-state index contributed by atoms with van der Waals surface area (Å²) in [6, 6.07) is 7.51. The maximum Gasteiger partial charge on any atom is 0.184 e. The van der Waals surface area contributed by atoms with Crippen LogP contribution in [-0.4, -0.2) is 31.7 Å². The van der Waals surface area contributed by atoms with Crippen LogP contribution in [0.2, 0.25) is 0 Å². The van der Waals surface area contributed by atoms with Crippen molar-refractivity contribution in [1.82, 2.24) is 5.43 Å². The lowest BCUT2D eigenvalue weighted by Gasteiger charge is -2.10. The van der Waals surface area contributed by atoms with Crippen molar-refractivity contribution >= 4 is 23.0 Å². The van der Waals surface area contributed by atoms with Gasteiger partial charge in [0, 0.05) is 12.7 Å². The molecule has 0 unspecified atom stereocenters. The Morgan fingerprint density at radius 2 is 2.12 bits per heavy atom. The van der Waals surface area contributed by atoms with Crippen molar-refractivity contribution < 1.29 is 9.47 Å². The second-order valence-corrected chi connectivity index (χ2v) is 3.61. The molecule has 3 N–H and O–H groups in total. The van der Waals surface area contributed by atoms with E-state index in [2.05, 4.69) is 10.5 Å². The summed E-state index contributed by atoms with van der Waals surface area (Å²) in [4.78, 5) is 0. The number of nitrogens with zero attached hydrogens (tertiary/aromatic N) is 1. The zero-order chi connectivity index (χ0) is 12.7. The summed E-state index contributed by atoms with van der Waals surface area (Å²) in [5.41, 5.74) is 9.37. The molecule has 0 radical (unpaired) electrons. The number of methoxy groups -OCH3 is 2. The highest BCUT2D eigenvalue weighted by molar-refractivity contribution is 7.80. The lowest BCUT2D eigenvalue weighted by atomic mass is 10.1. The molecular weight excluding hydrogens is 238 g/mol. The Bertz CT molecular complexity index is 421. The highest BCUT2D eigenvalue weighted by atomic mass is 32.1. The first-order chi connectivity index (χ1) is 8.19. The molecule has 0 heterocycles. The first-order valence-corrected chi connectivity index (χ1v) is 5.34. The Hall–Kier alpha value is -1.66. The second kappa shape index (κ2) is 6.82. The minimum atomic E-state index is 0.105. The van der Waals surface area contributed by atoms with Crippen LogP contribution in [0.4, 0.5) is 0 Å². The molecule has 0 atom stereocenters. The summed E-state index contributed by atoms with van der Waals surface area (Å²) in [6.07, 6.45) is 0. The molecule has 0 spiro atoms. The van der Waals surface area contributed by atoms with Gasteiger partial charge in [-0.3, -0.25) is 5.43 Å². The van der Waals surface area contributed by atoms with Crippen molar-refractivity contribution in [2.75, 3.05) is 20.8 Å². The van der Waals surface area contributed by atoms with Gasteiger partial charge in [-0.2, -0.15) is 5.10 Å². The molecular formula is C11H15N3O2S. The lowest BCUT2D eigenvalue weighted by Crippen LogP contribution is -2.26. The summed E-state index contributed by atoms with van der Waals surface area (Å²) in [5.74, 6) is 0.716. The predicted octanol–water partition coefficient (Wildman–Crippen LogP) is 0.879. The lowest BCUT2D eigenvalue weighted by molar-refractivity contribution is 0.245. The van der Waals surface area contributed by atoms with Crippen molar-refractivity contribution in [1.29, 1.82) is 0 Å². The van der Waals surface area contributed by atoms with Crippen LogP contribution in [0.3, 0.4) is 0 Å². The van der Waals surface area contributed by atoms with Crippen LogP contribution in [-0.2, 0) is 4.74 Å². The van der Waals surface area contributed by atoms with Crippen molar-refractivity contribution in [3.63, 3.8) is 0 Å². The van der Waals surface area contributed by atoms with E-state index in [1.54, 1.807) is 14.2 Å². The molecule has 0 fully saturated rings. The van der Waals surface area contributed by atoms with E-state index in [0.29, 0.717) is 18.1 Å². The van der Waals surface area contributed by atoms with Gasteiger partial charge in [-0.25, -0.2) is 0 Å². The number of benzene rings is 1. The number of para-hydroxylation sites is 1. The van der Waals surface area contributed by atoms with Gasteiger partial charge in [0.1, 0.15) is 5.75 Å². The fourth-order valence-electron chi connectivity index (χ4n) is 1.31. The largest absolute Gasteiger partial charge is 0.496 e. The number of ether oxygens (including phenoxy) is 2. The molecule has 6 heteroatoms. The molecule has 0 saturated heterocycles. The molecule has 0 amide bonds. The monoisotopic (exact) mass is 253 g/mol. The maximum absolute atomic E-state index is 5.33. The summed E-state index contributed by atoms with van der Waals surface area (Å²) in [5, 5.41) is 4.19. The number of rotatable bonds is 5. The highest BCUT2D eigenvalue weighted by Gasteiger charge is 2.09. The van der Waals surface area contributed by atoms with Crippen molar-refractivity contribution in [3.05, 3.63) is 29.8 Å². The van der Waals surface area contributed by atoms with E-state index in [9.17, 15) is 0 Å². The Kier molecular flexibility index (Phi) is 5.38. The van der Waals surface area contributed by atoms with Gasteiger partial charge >= 0.3 is 0 Å². The third-order valence-electron chi connectivity index (χ3n) is 2.00. The predicted molar refractivity (Wildman–Crippen MR) is 71.3 cm³/mol. The molecule has 0 aliphatic carbocycles. The maximum atomic E-state index is 5.33. The third kappa shape index (κ3) is 4.01. The van der Waals surface area contributed by atoms with Gasteiger partial charge in [0.15, 0.2) is 5.11 Å². The molecule has 0 aliphatic rings. The molecule has 1 aromatic rings. The highest BCUT2D eigenvalue weighted by Crippen LogP contribution is 2.18. The molecule has 92 valence electrons. The summed E-state index contributed by atoms with van der Waals surface area (Å²) >= 11 is 4.70. The van der Waals surface area contributed by atoms with Crippen LogP contribution < -0.4 is 15.9 Å². The fraction of sp³-hybridized carbons (Fsp3) is 0.273. The topological polar surface area (TPSA) is 68.9 Å². The molecule has 17 heavy (non-hydrogen) atoms. The van der Waals surface area contributed by atoms with Gasteiger partial charge in [-0.05, 0) is 24.4 Å². The van der Waals surface area contributed by atoms with Gasteiger partial charge in [-0.1, -0.05) is 12.1 Å². The van der Waals surface area contributed by atoms with Crippen LogP contribution in [0.5, 0.6) is 5.75 Å². The van der Waals surface area contributed by atoms with Gasteiger partial charge in [0.25, 0.3) is 0 Å². The van der Waals surface area contributed by atoms with E-state index in [4.69, 9.17) is 27.4 Å². The smallest absolute Gasteiger partial charge is 0.184 e. The van der Waals surface area contributed by atoms with E-state index in [-0.39, 0.29) is 5.11 Å². The van der Waals surface area contributed by atoms with Crippen LogP contribution >= 0.6 is 12.2 Å². The molecule has 5 nitrogen and oxygen atoms in total. The number of thiocarbonyl (C=S) groups is 1. The van der Waals surface area contributed by atoms with E-state index in [1.807, 2.05) is 24.3 Å². The number of hydrogen-bond acceptors (Lipinski definition) is 4. The van der Waals surface area contributed by atoms with Gasteiger partial charge in [0.2, 0.25) is 0 Å². The Balaban J connectivity index is 3.04. The van der Waals surface area contributed by atoms with Crippen LogP contribution in [0.1, 0.15) is 5.56 Å². The normalized spacial score (nSPS) is 11.1. The first kappa shape index (κ1) is 13.4. The minimum absolute atomic E-state index is 0.105. The second-order valence-electron chi connectivity index (χ2n) is 3.17. The Labute approximate surface area is 106 Å². The van der Waals surface area contributed by atoms with E-state index < -0.39 is 0 Å². The molecule has 0 aliphatic heterocycles. The number of nitrogens with two attached hydrogens (primary N) is 1. The van der Waals surface area contributed by atoms with Crippen molar-refractivity contribution in [2.24, 2.45) is 10.8 Å². The van der Waals surface area contributed by atoms with E-state index >= 15 is 0 Å². The number of hydrogen-bond donors (Lipinski definition) is 2. The Morgan fingerprint density at radius 3 is 2.71 bits per heavy atom. The average molecular weight is 253 g/mol.